The number of benzene rings is 2. The van der Waals surface area contributed by atoms with Gasteiger partial charge in [-0.1, -0.05) is 58.4 Å². The van der Waals surface area contributed by atoms with E-state index in [2.05, 4.69) is 15.3 Å². The van der Waals surface area contributed by atoms with Gasteiger partial charge in [0.05, 0.1) is 5.75 Å². The monoisotopic (exact) mass is 448 g/mol. The van der Waals surface area contributed by atoms with E-state index < -0.39 is 0 Å². The Labute approximate surface area is 177 Å². The average Bonchev–Trinajstić information content (AvgIpc) is 3.12. The van der Waals surface area contributed by atoms with Gasteiger partial charge < -0.3 is 0 Å². The summed E-state index contributed by atoms with van der Waals surface area (Å²) in [4.78, 5) is 25.4. The fraction of sp³-hybridized carbons (Fsp3) is 0.0556. The molecule has 2 aromatic carbocycles. The lowest BCUT2D eigenvalue weighted by Gasteiger charge is -1.99. The van der Waals surface area contributed by atoms with Crippen molar-refractivity contribution in [2.24, 2.45) is 0 Å². The molecule has 0 unspecified atom stereocenters. The Morgan fingerprint density at radius 1 is 1.00 bits per heavy atom. The molecule has 0 radical (unpaired) electrons. The van der Waals surface area contributed by atoms with Gasteiger partial charge in [-0.25, -0.2) is 0 Å². The van der Waals surface area contributed by atoms with Crippen LogP contribution >= 0.6 is 46.3 Å². The lowest BCUT2D eigenvalue weighted by atomic mass is 10.1. The first kappa shape index (κ1) is 19.1. The summed E-state index contributed by atoms with van der Waals surface area (Å²) in [5.74, 6) is 0.134. The molecule has 2 heterocycles. The molecule has 0 amide bonds. The standard InChI is InChI=1S/C18H10Cl2N4O2S2/c19-12-5-1-10(2-6-12)14(25)9-27-18-23-24-16(26)15(21-22-17(24)28-18)11-3-7-13(20)8-4-11/h1-8H,9H2. The third kappa shape index (κ3) is 3.95. The van der Waals surface area contributed by atoms with Crippen LogP contribution in [0.2, 0.25) is 10.0 Å². The zero-order chi connectivity index (χ0) is 19.7. The molecule has 0 aliphatic carbocycles. The normalized spacial score (nSPS) is 11.1. The highest BCUT2D eigenvalue weighted by atomic mass is 35.5. The second-order valence-electron chi connectivity index (χ2n) is 5.64. The Morgan fingerprint density at radius 3 is 2.32 bits per heavy atom. The highest BCUT2D eigenvalue weighted by molar-refractivity contribution is 8.01. The number of carbonyl (C=O) groups excluding carboxylic acids is 1. The van der Waals surface area contributed by atoms with E-state index in [1.165, 1.54) is 27.6 Å². The number of hydrogen-bond donors (Lipinski definition) is 0. The Hall–Kier alpha value is -2.26. The molecule has 4 aromatic rings. The van der Waals surface area contributed by atoms with E-state index >= 15 is 0 Å². The van der Waals surface area contributed by atoms with E-state index in [-0.39, 0.29) is 22.8 Å². The summed E-state index contributed by atoms with van der Waals surface area (Å²) in [5.41, 5.74) is 0.990. The van der Waals surface area contributed by atoms with Crippen molar-refractivity contribution in [2.45, 2.75) is 4.34 Å². The Kier molecular flexibility index (Phi) is 5.45. The number of hydrogen-bond acceptors (Lipinski definition) is 7. The topological polar surface area (TPSA) is 77.2 Å². The van der Waals surface area contributed by atoms with Gasteiger partial charge in [0.25, 0.3) is 0 Å². The molecule has 0 spiro atoms. The summed E-state index contributed by atoms with van der Waals surface area (Å²) >= 11 is 14.2. The number of aromatic nitrogens is 4. The van der Waals surface area contributed by atoms with Gasteiger partial charge in [-0.3, -0.25) is 9.59 Å². The molecule has 0 saturated heterocycles. The summed E-state index contributed by atoms with van der Waals surface area (Å²) in [5, 5.41) is 13.5. The number of Topliss-reactive ketones (excluding diaryl/α,β-unsaturated/α-hetero) is 1. The van der Waals surface area contributed by atoms with Gasteiger partial charge in [-0.05, 0) is 36.4 Å². The van der Waals surface area contributed by atoms with Crippen LogP contribution in [0.4, 0.5) is 0 Å². The van der Waals surface area contributed by atoms with Crippen LogP contribution in [0.15, 0.2) is 57.7 Å². The summed E-state index contributed by atoms with van der Waals surface area (Å²) in [6.07, 6.45) is 0. The quantitative estimate of drug-likeness (QED) is 0.330. The average molecular weight is 449 g/mol. The van der Waals surface area contributed by atoms with E-state index in [1.54, 1.807) is 48.5 Å². The molecular weight excluding hydrogens is 439 g/mol. The van der Waals surface area contributed by atoms with Crippen molar-refractivity contribution in [3.8, 4) is 11.3 Å². The number of ketones is 1. The zero-order valence-electron chi connectivity index (χ0n) is 14.0. The van der Waals surface area contributed by atoms with Gasteiger partial charge in [0, 0.05) is 21.2 Å². The van der Waals surface area contributed by atoms with Gasteiger partial charge in [0.2, 0.25) is 4.96 Å². The summed E-state index contributed by atoms with van der Waals surface area (Å²) < 4.78 is 1.76. The molecule has 140 valence electrons. The van der Waals surface area contributed by atoms with Crippen molar-refractivity contribution in [2.75, 3.05) is 5.75 Å². The minimum atomic E-state index is -0.376. The first-order valence-electron chi connectivity index (χ1n) is 7.95. The predicted octanol–water partition coefficient (Wildman–Crippen LogP) is 4.49. The van der Waals surface area contributed by atoms with Gasteiger partial charge in [0.1, 0.15) is 0 Å². The van der Waals surface area contributed by atoms with Crippen molar-refractivity contribution in [3.05, 3.63) is 74.5 Å². The van der Waals surface area contributed by atoms with Crippen molar-refractivity contribution in [1.82, 2.24) is 19.8 Å². The number of rotatable bonds is 5. The molecule has 0 fully saturated rings. The van der Waals surface area contributed by atoms with E-state index in [4.69, 9.17) is 23.2 Å². The van der Waals surface area contributed by atoms with E-state index in [1.807, 2.05) is 0 Å². The molecular formula is C18H10Cl2N4O2S2. The molecule has 4 rings (SSSR count). The van der Waals surface area contributed by atoms with Crippen LogP contribution in [0.1, 0.15) is 10.4 Å². The molecule has 0 saturated carbocycles. The number of thioether (sulfide) groups is 1. The van der Waals surface area contributed by atoms with Crippen LogP contribution in [0.25, 0.3) is 16.2 Å². The van der Waals surface area contributed by atoms with Crippen LogP contribution < -0.4 is 5.56 Å². The highest BCUT2D eigenvalue weighted by Crippen LogP contribution is 2.25. The lowest BCUT2D eigenvalue weighted by Crippen LogP contribution is -2.19. The molecule has 6 nitrogen and oxygen atoms in total. The summed E-state index contributed by atoms with van der Waals surface area (Å²) in [7, 11) is 0. The summed E-state index contributed by atoms with van der Waals surface area (Å²) in [6, 6.07) is 13.5. The van der Waals surface area contributed by atoms with Gasteiger partial charge >= 0.3 is 5.56 Å². The first-order valence-corrected chi connectivity index (χ1v) is 10.5. The van der Waals surface area contributed by atoms with Crippen LogP contribution in [0.5, 0.6) is 0 Å². The fourth-order valence-corrected chi connectivity index (χ4v) is 4.41. The molecule has 0 N–H and O–H groups in total. The van der Waals surface area contributed by atoms with Gasteiger partial charge in [-0.2, -0.15) is 4.52 Å². The minimum Gasteiger partial charge on any atom is -0.293 e. The van der Waals surface area contributed by atoms with Crippen LogP contribution in [-0.4, -0.2) is 31.3 Å². The predicted molar refractivity (Wildman–Crippen MR) is 112 cm³/mol. The van der Waals surface area contributed by atoms with E-state index in [9.17, 15) is 9.59 Å². The Morgan fingerprint density at radius 2 is 1.64 bits per heavy atom. The van der Waals surface area contributed by atoms with Gasteiger partial charge in [-0.15, -0.1) is 15.3 Å². The number of carbonyl (C=O) groups is 1. The van der Waals surface area contributed by atoms with E-state index in [0.29, 0.717) is 30.5 Å². The smallest absolute Gasteiger partial charge is 0.293 e. The van der Waals surface area contributed by atoms with Crippen LogP contribution in [0.3, 0.4) is 0 Å². The largest absolute Gasteiger partial charge is 0.302 e. The molecule has 10 heteroatoms. The first-order chi connectivity index (χ1) is 13.5. The fourth-order valence-electron chi connectivity index (χ4n) is 2.39. The molecule has 28 heavy (non-hydrogen) atoms. The number of fused-ring (bicyclic) bond motifs is 1. The van der Waals surface area contributed by atoms with Gasteiger partial charge in [0.15, 0.2) is 15.8 Å². The van der Waals surface area contributed by atoms with Crippen molar-refractivity contribution < 1.29 is 4.79 Å². The maximum absolute atomic E-state index is 12.7. The zero-order valence-corrected chi connectivity index (χ0v) is 17.1. The molecule has 0 bridgehead atoms. The van der Waals surface area contributed by atoms with Crippen molar-refractivity contribution >= 4 is 57.0 Å². The SMILES string of the molecule is O=C(CSc1nn2c(=O)c(-c3ccc(Cl)cc3)nnc2s1)c1ccc(Cl)cc1. The maximum Gasteiger partial charge on any atom is 0.302 e. The lowest BCUT2D eigenvalue weighted by molar-refractivity contribution is 0.102. The Bertz CT molecular complexity index is 1220. The Balaban J connectivity index is 1.57. The summed E-state index contributed by atoms with van der Waals surface area (Å²) in [6.45, 7) is 0. The van der Waals surface area contributed by atoms with Crippen molar-refractivity contribution in [1.29, 1.82) is 0 Å². The maximum atomic E-state index is 12.7. The second-order valence-corrected chi connectivity index (χ2v) is 8.69. The van der Waals surface area contributed by atoms with Crippen molar-refractivity contribution in [3.63, 3.8) is 0 Å². The van der Waals surface area contributed by atoms with E-state index in [0.717, 1.165) is 0 Å². The minimum absolute atomic E-state index is 0.0544. The molecule has 0 aliphatic rings. The second kappa shape index (κ2) is 8.00. The number of nitrogens with zero attached hydrogens (tertiary/aromatic N) is 4. The van der Waals surface area contributed by atoms with Crippen LogP contribution in [0, 0.1) is 0 Å². The van der Waals surface area contributed by atoms with Crippen LogP contribution in [-0.2, 0) is 0 Å². The molecule has 2 aromatic heterocycles. The number of halogens is 2. The third-order valence-corrected chi connectivity index (χ3v) is 6.32. The molecule has 0 atom stereocenters. The highest BCUT2D eigenvalue weighted by Gasteiger charge is 2.15. The molecule has 0 aliphatic heterocycles. The third-order valence-electron chi connectivity index (χ3n) is 3.78.